The summed E-state index contributed by atoms with van der Waals surface area (Å²) in [5.41, 5.74) is 2.80. The number of nitro benzene ring substituents is 1. The quantitative estimate of drug-likeness (QED) is 0.127. The van der Waals surface area contributed by atoms with E-state index in [1.807, 2.05) is 49.4 Å². The lowest BCUT2D eigenvalue weighted by Crippen LogP contribution is -2.09. The minimum Gasteiger partial charge on any atom is -0.490 e. The van der Waals surface area contributed by atoms with Gasteiger partial charge in [0.1, 0.15) is 24.7 Å². The van der Waals surface area contributed by atoms with Crippen LogP contribution in [0.5, 0.6) is 11.5 Å². The summed E-state index contributed by atoms with van der Waals surface area (Å²) in [6.07, 6.45) is 1.70. The second-order valence-corrected chi connectivity index (χ2v) is 7.58. The highest BCUT2D eigenvalue weighted by Crippen LogP contribution is 2.28. The molecule has 3 rings (SSSR count). The Balaban J connectivity index is 1.74. The van der Waals surface area contributed by atoms with Gasteiger partial charge in [0.15, 0.2) is 0 Å². The molecular formula is C24H19BrN2O4. The molecule has 0 aliphatic carbocycles. The summed E-state index contributed by atoms with van der Waals surface area (Å²) in [5.74, 6) is 1.38. The van der Waals surface area contributed by atoms with E-state index in [1.165, 1.54) is 12.1 Å². The minimum absolute atomic E-state index is 0.0268. The molecule has 0 aliphatic rings. The zero-order chi connectivity index (χ0) is 22.2. The average Bonchev–Trinajstić information content (AvgIpc) is 2.77. The molecule has 0 amide bonds. The van der Waals surface area contributed by atoms with E-state index in [4.69, 9.17) is 9.47 Å². The molecule has 0 radical (unpaired) electrons. The van der Waals surface area contributed by atoms with Gasteiger partial charge in [-0.25, -0.2) is 0 Å². The van der Waals surface area contributed by atoms with Gasteiger partial charge in [-0.1, -0.05) is 33.6 Å². The van der Waals surface area contributed by atoms with E-state index in [0.29, 0.717) is 35.7 Å². The fraction of sp³-hybridized carbons (Fsp3) is 0.125. The summed E-state index contributed by atoms with van der Waals surface area (Å²) in [6.45, 7) is 2.72. The number of hydrogen-bond acceptors (Lipinski definition) is 5. The fourth-order valence-electron chi connectivity index (χ4n) is 2.81. The predicted molar refractivity (Wildman–Crippen MR) is 123 cm³/mol. The fourth-order valence-corrected chi connectivity index (χ4v) is 3.19. The van der Waals surface area contributed by atoms with Gasteiger partial charge < -0.3 is 9.47 Å². The standard InChI is InChI=1S/C24H19BrN2O4/c1-17-2-9-23(10-3-17)30-12-13-31-24-11-6-21(25)15-19(24)14-20(16-26)18-4-7-22(8-5-18)27(28)29/h2-11,14-15H,12-13H2,1H3. The number of non-ortho nitro benzene ring substituents is 1. The van der Waals surface area contributed by atoms with Crippen molar-refractivity contribution in [2.75, 3.05) is 13.2 Å². The number of nitrogens with zero attached hydrogens (tertiary/aromatic N) is 2. The van der Waals surface area contributed by atoms with Crippen LogP contribution in [-0.4, -0.2) is 18.1 Å². The van der Waals surface area contributed by atoms with E-state index in [2.05, 4.69) is 22.0 Å². The van der Waals surface area contributed by atoms with Crippen LogP contribution in [0.15, 0.2) is 71.2 Å². The maximum absolute atomic E-state index is 10.8. The van der Waals surface area contributed by atoms with Crippen molar-refractivity contribution in [3.05, 3.63) is 98.0 Å². The molecule has 0 unspecified atom stereocenters. The number of hydrogen-bond donors (Lipinski definition) is 0. The molecule has 0 fully saturated rings. The van der Waals surface area contributed by atoms with Crippen LogP contribution >= 0.6 is 15.9 Å². The van der Waals surface area contributed by atoms with Gasteiger partial charge in [-0.05, 0) is 61.0 Å². The summed E-state index contributed by atoms with van der Waals surface area (Å²) in [6, 6.07) is 21.3. The lowest BCUT2D eigenvalue weighted by molar-refractivity contribution is -0.384. The van der Waals surface area contributed by atoms with Crippen LogP contribution in [-0.2, 0) is 0 Å². The third-order valence-electron chi connectivity index (χ3n) is 4.41. The Bertz CT molecular complexity index is 1130. The molecule has 3 aromatic carbocycles. The molecule has 0 saturated carbocycles. The van der Waals surface area contributed by atoms with E-state index in [9.17, 15) is 15.4 Å². The molecule has 0 aliphatic heterocycles. The largest absolute Gasteiger partial charge is 0.490 e. The Morgan fingerprint density at radius 1 is 1.06 bits per heavy atom. The van der Waals surface area contributed by atoms with Gasteiger partial charge in [-0.3, -0.25) is 10.1 Å². The summed E-state index contributed by atoms with van der Waals surface area (Å²) >= 11 is 3.44. The first kappa shape index (κ1) is 22.1. The Morgan fingerprint density at radius 2 is 1.74 bits per heavy atom. The highest BCUT2D eigenvalue weighted by atomic mass is 79.9. The highest BCUT2D eigenvalue weighted by molar-refractivity contribution is 9.10. The first-order valence-electron chi connectivity index (χ1n) is 9.45. The van der Waals surface area contributed by atoms with Gasteiger partial charge in [0.2, 0.25) is 0 Å². The number of rotatable bonds is 8. The topological polar surface area (TPSA) is 85.4 Å². The van der Waals surface area contributed by atoms with Crippen LogP contribution in [0.4, 0.5) is 5.69 Å². The van der Waals surface area contributed by atoms with Gasteiger partial charge in [-0.15, -0.1) is 0 Å². The zero-order valence-corrected chi connectivity index (χ0v) is 18.3. The number of benzene rings is 3. The Kier molecular flexibility index (Phi) is 7.41. The van der Waals surface area contributed by atoms with E-state index in [-0.39, 0.29) is 5.69 Å². The van der Waals surface area contributed by atoms with Gasteiger partial charge in [0.25, 0.3) is 5.69 Å². The average molecular weight is 479 g/mol. The Hall–Kier alpha value is -3.63. The van der Waals surface area contributed by atoms with Gasteiger partial charge in [-0.2, -0.15) is 5.26 Å². The molecule has 3 aromatic rings. The molecule has 31 heavy (non-hydrogen) atoms. The lowest BCUT2D eigenvalue weighted by Gasteiger charge is -2.11. The zero-order valence-electron chi connectivity index (χ0n) is 16.7. The van der Waals surface area contributed by atoms with E-state index in [1.54, 1.807) is 18.2 Å². The molecule has 0 N–H and O–H groups in total. The monoisotopic (exact) mass is 478 g/mol. The second-order valence-electron chi connectivity index (χ2n) is 6.67. The Labute approximate surface area is 188 Å². The number of nitriles is 1. The third kappa shape index (κ3) is 6.17. The maximum atomic E-state index is 10.8. The highest BCUT2D eigenvalue weighted by Gasteiger charge is 2.09. The number of ether oxygens (including phenoxy) is 2. The van der Waals surface area contributed by atoms with Crippen molar-refractivity contribution in [2.45, 2.75) is 6.92 Å². The molecule has 0 bridgehead atoms. The van der Waals surface area contributed by atoms with Gasteiger partial charge >= 0.3 is 0 Å². The van der Waals surface area contributed by atoms with Crippen LogP contribution < -0.4 is 9.47 Å². The van der Waals surface area contributed by atoms with Crippen LogP contribution in [0, 0.1) is 28.4 Å². The number of nitro groups is 1. The summed E-state index contributed by atoms with van der Waals surface area (Å²) in [4.78, 5) is 10.4. The molecule has 7 heteroatoms. The van der Waals surface area contributed by atoms with Crippen LogP contribution in [0.2, 0.25) is 0 Å². The minimum atomic E-state index is -0.474. The second kappa shape index (κ2) is 10.4. The first-order valence-corrected chi connectivity index (χ1v) is 10.2. The van der Waals surface area contributed by atoms with E-state index < -0.39 is 4.92 Å². The van der Waals surface area contributed by atoms with E-state index in [0.717, 1.165) is 15.8 Å². The molecule has 156 valence electrons. The van der Waals surface area contributed by atoms with Crippen molar-refractivity contribution >= 4 is 33.3 Å². The van der Waals surface area contributed by atoms with Crippen molar-refractivity contribution in [1.82, 2.24) is 0 Å². The molecule has 0 heterocycles. The SMILES string of the molecule is Cc1ccc(OCCOc2ccc(Br)cc2C=C(C#N)c2ccc([N+](=O)[O-])cc2)cc1. The van der Waals surface area contributed by atoms with Gasteiger partial charge in [0.05, 0.1) is 16.6 Å². The lowest BCUT2D eigenvalue weighted by atomic mass is 10.0. The predicted octanol–water partition coefficient (Wildman–Crippen LogP) is 6.19. The molecule has 0 atom stereocenters. The third-order valence-corrected chi connectivity index (χ3v) is 4.91. The molecule has 0 aromatic heterocycles. The Morgan fingerprint density at radius 3 is 2.39 bits per heavy atom. The van der Waals surface area contributed by atoms with Crippen LogP contribution in [0.25, 0.3) is 11.6 Å². The number of allylic oxidation sites excluding steroid dienone is 1. The van der Waals surface area contributed by atoms with Crippen LogP contribution in [0.1, 0.15) is 16.7 Å². The smallest absolute Gasteiger partial charge is 0.269 e. The summed E-state index contributed by atoms with van der Waals surface area (Å²) < 4.78 is 12.4. The first-order chi connectivity index (χ1) is 15.0. The van der Waals surface area contributed by atoms with Crippen molar-refractivity contribution in [2.24, 2.45) is 0 Å². The number of aryl methyl sites for hydroxylation is 1. The molecule has 0 spiro atoms. The summed E-state index contributed by atoms with van der Waals surface area (Å²) in [7, 11) is 0. The molecule has 0 saturated heterocycles. The normalized spacial score (nSPS) is 10.9. The van der Waals surface area contributed by atoms with Crippen molar-refractivity contribution < 1.29 is 14.4 Å². The van der Waals surface area contributed by atoms with Crippen molar-refractivity contribution in [3.63, 3.8) is 0 Å². The number of halogens is 1. The van der Waals surface area contributed by atoms with Crippen molar-refractivity contribution in [1.29, 1.82) is 5.26 Å². The van der Waals surface area contributed by atoms with Crippen LogP contribution in [0.3, 0.4) is 0 Å². The molecular weight excluding hydrogens is 460 g/mol. The van der Waals surface area contributed by atoms with Crippen molar-refractivity contribution in [3.8, 4) is 17.6 Å². The van der Waals surface area contributed by atoms with Gasteiger partial charge in [0, 0.05) is 22.2 Å². The van der Waals surface area contributed by atoms with E-state index >= 15 is 0 Å². The molecule has 6 nitrogen and oxygen atoms in total. The maximum Gasteiger partial charge on any atom is 0.269 e. The summed E-state index contributed by atoms with van der Waals surface area (Å²) in [5, 5.41) is 20.5.